The van der Waals surface area contributed by atoms with Crippen molar-refractivity contribution in [2.75, 3.05) is 6.54 Å². The third-order valence-electron chi connectivity index (χ3n) is 3.06. The van der Waals surface area contributed by atoms with Crippen molar-refractivity contribution >= 4 is 6.09 Å². The van der Waals surface area contributed by atoms with Crippen molar-refractivity contribution in [1.29, 1.82) is 0 Å². The van der Waals surface area contributed by atoms with Crippen LogP contribution in [0.5, 0.6) is 0 Å². The van der Waals surface area contributed by atoms with Gasteiger partial charge in [-0.25, -0.2) is 4.79 Å². The van der Waals surface area contributed by atoms with Gasteiger partial charge in [0.15, 0.2) is 0 Å². The number of carboxylic acid groups (broad SMARTS) is 1. The first-order valence-electron chi connectivity index (χ1n) is 4.45. The van der Waals surface area contributed by atoms with Gasteiger partial charge < -0.3 is 10.4 Å². The monoisotopic (exact) mass is 170 g/mol. The Morgan fingerprint density at radius 2 is 2.33 bits per heavy atom. The van der Waals surface area contributed by atoms with E-state index in [0.29, 0.717) is 6.04 Å². The molecular weight excluding hydrogens is 156 g/mol. The van der Waals surface area contributed by atoms with Gasteiger partial charge in [0.25, 0.3) is 0 Å². The van der Waals surface area contributed by atoms with E-state index in [-0.39, 0.29) is 12.1 Å². The molecule has 2 bridgehead atoms. The van der Waals surface area contributed by atoms with Crippen LogP contribution in [0.25, 0.3) is 0 Å². The van der Waals surface area contributed by atoms with Crippen LogP contribution in [0.3, 0.4) is 0 Å². The van der Waals surface area contributed by atoms with Gasteiger partial charge in [0.05, 0.1) is 0 Å². The van der Waals surface area contributed by atoms with Gasteiger partial charge in [0.1, 0.15) is 0 Å². The summed E-state index contributed by atoms with van der Waals surface area (Å²) in [7, 11) is 0. The maximum Gasteiger partial charge on any atom is 0.407 e. The van der Waals surface area contributed by atoms with Crippen LogP contribution >= 0.6 is 0 Å². The van der Waals surface area contributed by atoms with Crippen molar-refractivity contribution in [2.24, 2.45) is 0 Å². The Kier molecular flexibility index (Phi) is 1.72. The number of piperazine rings is 1. The maximum absolute atomic E-state index is 10.9. The lowest BCUT2D eigenvalue weighted by molar-refractivity contribution is 0.0295. The number of nitrogens with zero attached hydrogens (tertiary/aromatic N) is 1. The summed E-state index contributed by atoms with van der Waals surface area (Å²) in [5.74, 6) is 0. The Hall–Kier alpha value is -0.770. The largest absolute Gasteiger partial charge is 0.465 e. The normalized spacial score (nSPS) is 40.1. The van der Waals surface area contributed by atoms with Gasteiger partial charge in [0.2, 0.25) is 0 Å². The predicted molar refractivity (Wildman–Crippen MR) is 44.1 cm³/mol. The molecule has 68 valence electrons. The van der Waals surface area contributed by atoms with E-state index in [1.165, 1.54) is 0 Å². The summed E-state index contributed by atoms with van der Waals surface area (Å²) in [4.78, 5) is 12.5. The molecule has 3 saturated heterocycles. The molecule has 4 nitrogen and oxygen atoms in total. The SMILES string of the molecule is CC1C2CCC(CN2)N1C(=O)O. The molecule has 0 saturated carbocycles. The van der Waals surface area contributed by atoms with Crippen LogP contribution in [-0.2, 0) is 0 Å². The number of nitrogens with one attached hydrogen (secondary N) is 1. The number of amides is 1. The van der Waals surface area contributed by atoms with Gasteiger partial charge >= 0.3 is 6.09 Å². The molecule has 3 fully saturated rings. The predicted octanol–water partition coefficient (Wildman–Crippen LogP) is 0.489. The second-order valence-electron chi connectivity index (χ2n) is 3.68. The van der Waals surface area contributed by atoms with Gasteiger partial charge in [-0.3, -0.25) is 4.90 Å². The van der Waals surface area contributed by atoms with E-state index in [1.807, 2.05) is 6.92 Å². The minimum absolute atomic E-state index is 0.148. The fraction of sp³-hybridized carbons (Fsp3) is 0.875. The molecule has 3 aliphatic heterocycles. The van der Waals surface area contributed by atoms with Gasteiger partial charge in [0, 0.05) is 24.7 Å². The van der Waals surface area contributed by atoms with Gasteiger partial charge in [-0.15, -0.1) is 0 Å². The molecule has 3 heterocycles. The maximum atomic E-state index is 10.9. The summed E-state index contributed by atoms with van der Waals surface area (Å²) in [5, 5.41) is 12.3. The van der Waals surface area contributed by atoms with Crippen LogP contribution in [0.1, 0.15) is 19.8 Å². The Balaban J connectivity index is 2.18. The highest BCUT2D eigenvalue weighted by atomic mass is 16.4. The standard InChI is InChI=1S/C8H14N2O2/c1-5-7-3-2-6(4-9-7)10(5)8(11)12/h5-7,9H,2-4H2,1H3,(H,11,12). The molecule has 2 N–H and O–H groups in total. The van der Waals surface area contributed by atoms with Crippen molar-refractivity contribution in [2.45, 2.75) is 37.9 Å². The fourth-order valence-corrected chi connectivity index (χ4v) is 2.37. The summed E-state index contributed by atoms with van der Waals surface area (Å²) in [6, 6.07) is 0.739. The molecule has 12 heavy (non-hydrogen) atoms. The van der Waals surface area contributed by atoms with Crippen LogP contribution < -0.4 is 5.32 Å². The Labute approximate surface area is 71.5 Å². The summed E-state index contributed by atoms with van der Waals surface area (Å²) >= 11 is 0. The second kappa shape index (κ2) is 2.62. The molecule has 0 aromatic rings. The van der Waals surface area contributed by atoms with Crippen LogP contribution in [0.15, 0.2) is 0 Å². The topological polar surface area (TPSA) is 52.6 Å². The Morgan fingerprint density at radius 3 is 2.67 bits per heavy atom. The fourth-order valence-electron chi connectivity index (χ4n) is 2.37. The quantitative estimate of drug-likeness (QED) is 0.556. The van der Waals surface area contributed by atoms with Gasteiger partial charge in [-0.1, -0.05) is 0 Å². The summed E-state index contributed by atoms with van der Waals surface area (Å²) in [6.45, 7) is 2.82. The van der Waals surface area contributed by atoms with Crippen molar-refractivity contribution in [3.8, 4) is 0 Å². The number of carbonyl (C=O) groups is 1. The minimum atomic E-state index is -0.765. The molecule has 0 aliphatic carbocycles. The molecule has 3 aliphatic rings. The highest BCUT2D eigenvalue weighted by Crippen LogP contribution is 2.27. The zero-order valence-electron chi connectivity index (χ0n) is 7.16. The van der Waals surface area contributed by atoms with Crippen LogP contribution in [0.4, 0.5) is 4.79 Å². The van der Waals surface area contributed by atoms with Crippen LogP contribution in [-0.4, -0.2) is 40.8 Å². The van der Waals surface area contributed by atoms with Crippen molar-refractivity contribution in [1.82, 2.24) is 10.2 Å². The molecule has 0 radical (unpaired) electrons. The first-order chi connectivity index (χ1) is 5.70. The lowest BCUT2D eigenvalue weighted by Crippen LogP contribution is -2.66. The summed E-state index contributed by atoms with van der Waals surface area (Å²) in [5.41, 5.74) is 0. The molecule has 4 heteroatoms. The average Bonchev–Trinajstić information content (AvgIpc) is 2.05. The number of piperidine rings is 2. The Morgan fingerprint density at radius 1 is 1.58 bits per heavy atom. The highest BCUT2D eigenvalue weighted by molar-refractivity contribution is 5.66. The van der Waals surface area contributed by atoms with E-state index in [2.05, 4.69) is 5.32 Å². The highest BCUT2D eigenvalue weighted by Gasteiger charge is 2.41. The summed E-state index contributed by atoms with van der Waals surface area (Å²) in [6.07, 6.45) is 1.38. The molecule has 3 rings (SSSR count). The first-order valence-corrected chi connectivity index (χ1v) is 4.45. The third kappa shape index (κ3) is 0.982. The van der Waals surface area contributed by atoms with E-state index < -0.39 is 6.09 Å². The number of fused-ring (bicyclic) bond motifs is 3. The van der Waals surface area contributed by atoms with Gasteiger partial charge in [-0.05, 0) is 19.8 Å². The minimum Gasteiger partial charge on any atom is -0.465 e. The molecule has 3 unspecified atom stereocenters. The molecule has 0 aromatic heterocycles. The molecule has 0 spiro atoms. The lowest BCUT2D eigenvalue weighted by atomic mass is 9.88. The summed E-state index contributed by atoms with van der Waals surface area (Å²) < 4.78 is 0. The smallest absolute Gasteiger partial charge is 0.407 e. The van der Waals surface area contributed by atoms with Gasteiger partial charge in [-0.2, -0.15) is 0 Å². The lowest BCUT2D eigenvalue weighted by Gasteiger charge is -2.49. The molecular formula is C8H14N2O2. The van der Waals surface area contributed by atoms with E-state index >= 15 is 0 Å². The third-order valence-corrected chi connectivity index (χ3v) is 3.06. The van der Waals surface area contributed by atoms with Crippen molar-refractivity contribution in [3.05, 3.63) is 0 Å². The van der Waals surface area contributed by atoms with Crippen molar-refractivity contribution < 1.29 is 9.90 Å². The van der Waals surface area contributed by atoms with Crippen molar-refractivity contribution in [3.63, 3.8) is 0 Å². The zero-order valence-corrected chi connectivity index (χ0v) is 7.16. The number of rotatable bonds is 0. The van der Waals surface area contributed by atoms with E-state index in [4.69, 9.17) is 5.11 Å². The van der Waals surface area contributed by atoms with E-state index in [1.54, 1.807) is 4.90 Å². The molecule has 3 atom stereocenters. The second-order valence-corrected chi connectivity index (χ2v) is 3.68. The number of hydrogen-bond acceptors (Lipinski definition) is 2. The molecule has 1 amide bonds. The zero-order chi connectivity index (χ0) is 8.72. The van der Waals surface area contributed by atoms with E-state index in [0.717, 1.165) is 19.4 Å². The van der Waals surface area contributed by atoms with Crippen LogP contribution in [0.2, 0.25) is 0 Å². The Bertz CT molecular complexity index is 197. The number of hydrogen-bond donors (Lipinski definition) is 2. The van der Waals surface area contributed by atoms with Crippen LogP contribution in [0, 0.1) is 0 Å². The average molecular weight is 170 g/mol. The molecule has 0 aromatic carbocycles. The first kappa shape index (κ1) is 7.86. The van der Waals surface area contributed by atoms with E-state index in [9.17, 15) is 4.79 Å².